The van der Waals surface area contributed by atoms with Gasteiger partial charge < -0.3 is 15.3 Å². The molecule has 0 aliphatic rings. The van der Waals surface area contributed by atoms with Crippen LogP contribution in [0.15, 0.2) is 24.3 Å². The zero-order valence-electron chi connectivity index (χ0n) is 10.7. The predicted octanol–water partition coefficient (Wildman–Crippen LogP) is 1.62. The summed E-state index contributed by atoms with van der Waals surface area (Å²) in [6, 6.07) is 6.51. The topological polar surface area (TPSA) is 35.5 Å². The van der Waals surface area contributed by atoms with Gasteiger partial charge in [0.1, 0.15) is 5.82 Å². The third kappa shape index (κ3) is 3.68. The zero-order chi connectivity index (χ0) is 12.9. The molecule has 0 aliphatic carbocycles. The number of aliphatic hydroxyl groups is 1. The van der Waals surface area contributed by atoms with Gasteiger partial charge in [-0.2, -0.15) is 0 Å². The van der Waals surface area contributed by atoms with Crippen LogP contribution in [0.1, 0.15) is 13.8 Å². The Morgan fingerprint density at radius 2 is 2.18 bits per heavy atom. The summed E-state index contributed by atoms with van der Waals surface area (Å²) in [6.07, 6.45) is 0. The maximum absolute atomic E-state index is 13.2. The summed E-state index contributed by atoms with van der Waals surface area (Å²) in [5.74, 6) is -0.240. The van der Waals surface area contributed by atoms with E-state index in [9.17, 15) is 9.50 Å². The van der Waals surface area contributed by atoms with Gasteiger partial charge in [0, 0.05) is 18.8 Å². The first-order chi connectivity index (χ1) is 8.04. The molecule has 1 aromatic rings. The molecule has 3 nitrogen and oxygen atoms in total. The highest BCUT2D eigenvalue weighted by Crippen LogP contribution is 2.18. The molecule has 96 valence electrons. The molecule has 2 N–H and O–H groups in total. The van der Waals surface area contributed by atoms with Gasteiger partial charge in [-0.15, -0.1) is 0 Å². The summed E-state index contributed by atoms with van der Waals surface area (Å²) in [6.45, 7) is 5.38. The fraction of sp³-hybridized carbons (Fsp3) is 0.538. The van der Waals surface area contributed by atoms with Gasteiger partial charge in [-0.3, -0.25) is 0 Å². The summed E-state index contributed by atoms with van der Waals surface area (Å²) in [5.41, 5.74) is 0.449. The number of nitrogens with zero attached hydrogens (tertiary/aromatic N) is 1. The molecular formula is C13H21FN2O. The van der Waals surface area contributed by atoms with Crippen molar-refractivity contribution in [1.82, 2.24) is 5.32 Å². The lowest BCUT2D eigenvalue weighted by molar-refractivity contribution is 0.186. The van der Waals surface area contributed by atoms with Gasteiger partial charge in [0.15, 0.2) is 0 Å². The lowest BCUT2D eigenvalue weighted by Crippen LogP contribution is -2.52. The Bertz CT molecular complexity index is 353. The van der Waals surface area contributed by atoms with Crippen molar-refractivity contribution in [2.75, 3.05) is 31.6 Å². The van der Waals surface area contributed by atoms with Crippen LogP contribution in [0, 0.1) is 5.82 Å². The average molecular weight is 240 g/mol. The lowest BCUT2D eigenvalue weighted by Gasteiger charge is -2.34. The van der Waals surface area contributed by atoms with Crippen LogP contribution in [0.3, 0.4) is 0 Å². The molecule has 0 aromatic heterocycles. The Morgan fingerprint density at radius 3 is 2.65 bits per heavy atom. The lowest BCUT2D eigenvalue weighted by atomic mass is 10.0. The highest BCUT2D eigenvalue weighted by atomic mass is 19.1. The van der Waals surface area contributed by atoms with Crippen molar-refractivity contribution in [2.45, 2.75) is 19.4 Å². The fourth-order valence-electron chi connectivity index (χ4n) is 1.69. The van der Waals surface area contributed by atoms with Crippen LogP contribution in [-0.2, 0) is 0 Å². The third-order valence-electron chi connectivity index (χ3n) is 3.05. The second kappa shape index (κ2) is 5.98. The standard InChI is InChI=1S/C13H21FN2O/c1-4-16(9-13(2,10-17)15-3)12-7-5-6-11(14)8-12/h5-8,15,17H,4,9-10H2,1-3H3. The SMILES string of the molecule is CCN(CC(C)(CO)NC)c1cccc(F)c1. The molecule has 0 bridgehead atoms. The van der Waals surface area contributed by atoms with Gasteiger partial charge >= 0.3 is 0 Å². The Hall–Kier alpha value is -1.13. The Labute approximate surface area is 102 Å². The molecule has 1 aromatic carbocycles. The maximum Gasteiger partial charge on any atom is 0.125 e. The van der Waals surface area contributed by atoms with Crippen molar-refractivity contribution >= 4 is 5.69 Å². The van der Waals surface area contributed by atoms with Gasteiger partial charge in [-0.1, -0.05) is 6.07 Å². The number of hydrogen-bond donors (Lipinski definition) is 2. The van der Waals surface area contributed by atoms with Crippen LogP contribution in [0.5, 0.6) is 0 Å². The van der Waals surface area contributed by atoms with E-state index in [1.54, 1.807) is 6.07 Å². The molecule has 0 spiro atoms. The van der Waals surface area contributed by atoms with E-state index in [4.69, 9.17) is 0 Å². The van der Waals surface area contributed by atoms with E-state index in [2.05, 4.69) is 5.32 Å². The molecule has 1 rings (SSSR count). The number of aliphatic hydroxyl groups excluding tert-OH is 1. The maximum atomic E-state index is 13.2. The second-order valence-electron chi connectivity index (χ2n) is 4.46. The van der Waals surface area contributed by atoms with Crippen molar-refractivity contribution in [3.05, 3.63) is 30.1 Å². The molecule has 0 saturated heterocycles. The van der Waals surface area contributed by atoms with E-state index in [0.29, 0.717) is 6.54 Å². The molecule has 0 heterocycles. The first kappa shape index (κ1) is 13.9. The van der Waals surface area contributed by atoms with Crippen LogP contribution in [0.4, 0.5) is 10.1 Å². The third-order valence-corrected chi connectivity index (χ3v) is 3.05. The molecule has 4 heteroatoms. The van der Waals surface area contributed by atoms with E-state index in [1.165, 1.54) is 12.1 Å². The van der Waals surface area contributed by atoms with Gasteiger partial charge in [0.05, 0.1) is 12.1 Å². The van der Waals surface area contributed by atoms with Crippen molar-refractivity contribution in [3.63, 3.8) is 0 Å². The van der Waals surface area contributed by atoms with Crippen LogP contribution < -0.4 is 10.2 Å². The van der Waals surface area contributed by atoms with Crippen molar-refractivity contribution in [1.29, 1.82) is 0 Å². The second-order valence-corrected chi connectivity index (χ2v) is 4.46. The van der Waals surface area contributed by atoms with Crippen molar-refractivity contribution < 1.29 is 9.50 Å². The minimum absolute atomic E-state index is 0.0370. The number of rotatable bonds is 6. The molecule has 0 radical (unpaired) electrons. The molecule has 17 heavy (non-hydrogen) atoms. The van der Waals surface area contributed by atoms with Gasteiger partial charge in [-0.05, 0) is 39.1 Å². The van der Waals surface area contributed by atoms with E-state index >= 15 is 0 Å². The smallest absolute Gasteiger partial charge is 0.125 e. The molecule has 0 amide bonds. The van der Waals surface area contributed by atoms with Crippen molar-refractivity contribution in [3.8, 4) is 0 Å². The summed E-state index contributed by atoms with van der Waals surface area (Å²) in [7, 11) is 1.82. The first-order valence-corrected chi connectivity index (χ1v) is 5.85. The quantitative estimate of drug-likeness (QED) is 0.793. The summed E-state index contributed by atoms with van der Waals surface area (Å²) in [4.78, 5) is 2.04. The summed E-state index contributed by atoms with van der Waals surface area (Å²) < 4.78 is 13.2. The number of benzene rings is 1. The van der Waals surface area contributed by atoms with E-state index in [0.717, 1.165) is 12.2 Å². The Kier molecular flexibility index (Phi) is 4.90. The molecule has 0 fully saturated rings. The predicted molar refractivity (Wildman–Crippen MR) is 68.8 cm³/mol. The summed E-state index contributed by atoms with van der Waals surface area (Å²) >= 11 is 0. The minimum Gasteiger partial charge on any atom is -0.394 e. The summed E-state index contributed by atoms with van der Waals surface area (Å²) in [5, 5.41) is 12.5. The van der Waals surface area contributed by atoms with E-state index < -0.39 is 0 Å². The van der Waals surface area contributed by atoms with E-state index in [1.807, 2.05) is 31.9 Å². The van der Waals surface area contributed by atoms with Crippen LogP contribution >= 0.6 is 0 Å². The Balaban J connectivity index is 2.85. The highest BCUT2D eigenvalue weighted by Gasteiger charge is 2.24. The first-order valence-electron chi connectivity index (χ1n) is 5.85. The average Bonchev–Trinajstić information content (AvgIpc) is 2.35. The highest BCUT2D eigenvalue weighted by molar-refractivity contribution is 5.46. The molecule has 1 unspecified atom stereocenters. The number of nitrogens with one attached hydrogen (secondary N) is 1. The minimum atomic E-state index is -0.387. The number of anilines is 1. The molecular weight excluding hydrogens is 219 g/mol. The largest absolute Gasteiger partial charge is 0.394 e. The zero-order valence-corrected chi connectivity index (χ0v) is 10.7. The monoisotopic (exact) mass is 240 g/mol. The van der Waals surface area contributed by atoms with Gasteiger partial charge in [0.2, 0.25) is 0 Å². The van der Waals surface area contributed by atoms with E-state index in [-0.39, 0.29) is 18.0 Å². The van der Waals surface area contributed by atoms with Gasteiger partial charge in [0.25, 0.3) is 0 Å². The number of likely N-dealkylation sites (N-methyl/N-ethyl adjacent to an activating group) is 2. The van der Waals surface area contributed by atoms with Gasteiger partial charge in [-0.25, -0.2) is 4.39 Å². The normalized spacial score (nSPS) is 14.4. The van der Waals surface area contributed by atoms with Crippen LogP contribution in [-0.4, -0.2) is 37.4 Å². The van der Waals surface area contributed by atoms with Crippen LogP contribution in [0.2, 0.25) is 0 Å². The Morgan fingerprint density at radius 1 is 1.47 bits per heavy atom. The number of halogens is 1. The molecule has 1 atom stereocenters. The molecule has 0 aliphatic heterocycles. The number of hydrogen-bond acceptors (Lipinski definition) is 3. The van der Waals surface area contributed by atoms with Crippen molar-refractivity contribution in [2.24, 2.45) is 0 Å². The van der Waals surface area contributed by atoms with Crippen LogP contribution in [0.25, 0.3) is 0 Å². The molecule has 0 saturated carbocycles. The fourth-order valence-corrected chi connectivity index (χ4v) is 1.69.